The SMILES string of the molecule is C=CCN(C(=O)C(CS)NC(=O)OC(C)(C)C)C(C(=O)NC(C)(C)C)c1cccc(C)c1C. The second kappa shape index (κ2) is 11.6. The molecule has 1 aromatic carbocycles. The number of alkyl carbamates (subject to hydrolysis) is 1. The second-order valence-electron chi connectivity index (χ2n) is 10.1. The molecule has 3 amide bonds. The maximum absolute atomic E-state index is 13.6. The lowest BCUT2D eigenvalue weighted by Gasteiger charge is -2.36. The van der Waals surface area contributed by atoms with Crippen molar-refractivity contribution in [3.63, 3.8) is 0 Å². The average Bonchev–Trinajstić information content (AvgIpc) is 2.65. The largest absolute Gasteiger partial charge is 0.444 e. The first kappa shape index (κ1) is 28.6. The number of benzene rings is 1. The van der Waals surface area contributed by atoms with Crippen molar-refractivity contribution >= 4 is 30.5 Å². The molecule has 33 heavy (non-hydrogen) atoms. The number of aryl methyl sites for hydroxylation is 1. The minimum atomic E-state index is -0.988. The Hall–Kier alpha value is -2.48. The van der Waals surface area contributed by atoms with Gasteiger partial charge in [0.1, 0.15) is 17.7 Å². The third-order valence-electron chi connectivity index (χ3n) is 4.78. The summed E-state index contributed by atoms with van der Waals surface area (Å²) in [6.45, 7) is 18.6. The highest BCUT2D eigenvalue weighted by atomic mass is 32.1. The number of thiol groups is 1. The monoisotopic (exact) mass is 477 g/mol. The van der Waals surface area contributed by atoms with Crippen LogP contribution in [-0.2, 0) is 14.3 Å². The van der Waals surface area contributed by atoms with E-state index >= 15 is 0 Å². The normalized spacial score (nSPS) is 13.5. The van der Waals surface area contributed by atoms with Crippen molar-refractivity contribution in [2.24, 2.45) is 0 Å². The molecule has 0 spiro atoms. The quantitative estimate of drug-likeness (QED) is 0.389. The maximum atomic E-state index is 13.6. The van der Waals surface area contributed by atoms with Gasteiger partial charge in [0.25, 0.3) is 0 Å². The number of rotatable bonds is 8. The fourth-order valence-corrected chi connectivity index (χ4v) is 3.50. The molecule has 2 unspecified atom stereocenters. The van der Waals surface area contributed by atoms with E-state index in [0.717, 1.165) is 11.1 Å². The van der Waals surface area contributed by atoms with Crippen molar-refractivity contribution in [2.75, 3.05) is 12.3 Å². The standard InChI is InChI=1S/C25H39N3O4S/c1-10-14-28(22(30)19(15-33)26-23(31)32-25(7,8)9)20(21(29)27-24(4,5)6)18-13-11-12-16(2)17(18)3/h10-13,19-20,33H,1,14-15H2,2-9H3,(H,26,31)(H,27,29). The van der Waals surface area contributed by atoms with E-state index in [4.69, 9.17) is 4.74 Å². The Bertz CT molecular complexity index is 871. The Labute approximate surface area is 203 Å². The molecule has 2 atom stereocenters. The van der Waals surface area contributed by atoms with Gasteiger partial charge in [-0.1, -0.05) is 24.3 Å². The summed E-state index contributed by atoms with van der Waals surface area (Å²) in [7, 11) is 0. The van der Waals surface area contributed by atoms with Crippen LogP contribution in [0.15, 0.2) is 30.9 Å². The van der Waals surface area contributed by atoms with Crippen LogP contribution in [0.3, 0.4) is 0 Å². The van der Waals surface area contributed by atoms with Crippen LogP contribution in [0.4, 0.5) is 4.79 Å². The van der Waals surface area contributed by atoms with Crippen molar-refractivity contribution in [1.29, 1.82) is 0 Å². The molecule has 0 saturated heterocycles. The molecule has 0 heterocycles. The molecule has 7 nitrogen and oxygen atoms in total. The van der Waals surface area contributed by atoms with E-state index in [1.165, 1.54) is 4.90 Å². The average molecular weight is 478 g/mol. The van der Waals surface area contributed by atoms with E-state index in [9.17, 15) is 14.4 Å². The molecular weight excluding hydrogens is 438 g/mol. The number of ether oxygens (including phenoxy) is 1. The first-order valence-electron chi connectivity index (χ1n) is 11.0. The highest BCUT2D eigenvalue weighted by Gasteiger charge is 2.37. The van der Waals surface area contributed by atoms with Crippen LogP contribution in [0.25, 0.3) is 0 Å². The second-order valence-corrected chi connectivity index (χ2v) is 10.5. The number of carbonyl (C=O) groups is 3. The van der Waals surface area contributed by atoms with Crippen LogP contribution >= 0.6 is 12.6 Å². The Kier molecular flexibility index (Phi) is 10.0. The molecule has 184 valence electrons. The number of hydrogen-bond donors (Lipinski definition) is 3. The molecule has 0 radical (unpaired) electrons. The zero-order valence-electron chi connectivity index (χ0n) is 21.1. The Morgan fingerprint density at radius 3 is 2.24 bits per heavy atom. The molecule has 0 aromatic heterocycles. The molecule has 0 aliphatic rings. The predicted molar refractivity (Wildman–Crippen MR) is 135 cm³/mol. The van der Waals surface area contributed by atoms with Crippen LogP contribution in [-0.4, -0.2) is 52.3 Å². The lowest BCUT2D eigenvalue weighted by Crippen LogP contribution is -2.55. The smallest absolute Gasteiger partial charge is 0.408 e. The van der Waals surface area contributed by atoms with Gasteiger partial charge in [-0.15, -0.1) is 6.58 Å². The van der Waals surface area contributed by atoms with E-state index < -0.39 is 35.2 Å². The number of hydrogen-bond acceptors (Lipinski definition) is 5. The molecular formula is C25H39N3O4S. The number of amides is 3. The number of nitrogens with one attached hydrogen (secondary N) is 2. The lowest BCUT2D eigenvalue weighted by atomic mass is 9.94. The van der Waals surface area contributed by atoms with E-state index in [0.29, 0.717) is 5.56 Å². The van der Waals surface area contributed by atoms with Crippen molar-refractivity contribution in [3.8, 4) is 0 Å². The molecule has 1 aromatic rings. The summed E-state index contributed by atoms with van der Waals surface area (Å²) >= 11 is 4.27. The Balaban J connectivity index is 3.46. The van der Waals surface area contributed by atoms with E-state index in [1.54, 1.807) is 26.8 Å². The summed E-state index contributed by atoms with van der Waals surface area (Å²) in [4.78, 5) is 40.9. The number of nitrogens with zero attached hydrogens (tertiary/aromatic N) is 1. The molecule has 2 N–H and O–H groups in total. The van der Waals surface area contributed by atoms with Crippen molar-refractivity contribution in [3.05, 3.63) is 47.5 Å². The van der Waals surface area contributed by atoms with E-state index in [-0.39, 0.29) is 18.2 Å². The third kappa shape index (κ3) is 8.76. The Morgan fingerprint density at radius 1 is 1.15 bits per heavy atom. The molecule has 0 saturated carbocycles. The van der Waals surface area contributed by atoms with Crippen LogP contribution in [0.5, 0.6) is 0 Å². The van der Waals surface area contributed by atoms with Gasteiger partial charge < -0.3 is 20.3 Å². The van der Waals surface area contributed by atoms with Crippen LogP contribution in [0.1, 0.15) is 64.3 Å². The third-order valence-corrected chi connectivity index (χ3v) is 5.14. The topological polar surface area (TPSA) is 87.7 Å². The highest BCUT2D eigenvalue weighted by molar-refractivity contribution is 7.80. The summed E-state index contributed by atoms with van der Waals surface area (Å²) in [5, 5.41) is 5.58. The van der Waals surface area contributed by atoms with Gasteiger partial charge in [-0.3, -0.25) is 9.59 Å². The zero-order valence-corrected chi connectivity index (χ0v) is 22.0. The molecule has 1 rings (SSSR count). The van der Waals surface area contributed by atoms with Gasteiger partial charge in [0.05, 0.1) is 0 Å². The van der Waals surface area contributed by atoms with Crippen LogP contribution in [0.2, 0.25) is 0 Å². The van der Waals surface area contributed by atoms with Gasteiger partial charge in [-0.2, -0.15) is 12.6 Å². The van der Waals surface area contributed by atoms with Crippen LogP contribution < -0.4 is 10.6 Å². The first-order valence-corrected chi connectivity index (χ1v) is 11.6. The van der Waals surface area contributed by atoms with Crippen LogP contribution in [0, 0.1) is 13.8 Å². The number of carbonyl (C=O) groups excluding carboxylic acids is 3. The maximum Gasteiger partial charge on any atom is 0.408 e. The summed E-state index contributed by atoms with van der Waals surface area (Å²) in [6.07, 6.45) is 0.833. The molecule has 0 aliphatic heterocycles. The summed E-state index contributed by atoms with van der Waals surface area (Å²) in [5.74, 6) is -0.737. The highest BCUT2D eigenvalue weighted by Crippen LogP contribution is 2.28. The van der Waals surface area contributed by atoms with Gasteiger partial charge in [-0.25, -0.2) is 4.79 Å². The Morgan fingerprint density at radius 2 is 1.76 bits per heavy atom. The van der Waals surface area contributed by atoms with Gasteiger partial charge in [0.15, 0.2) is 0 Å². The van der Waals surface area contributed by atoms with E-state index in [1.807, 2.05) is 52.8 Å². The van der Waals surface area contributed by atoms with Crippen molar-refractivity contribution in [1.82, 2.24) is 15.5 Å². The lowest BCUT2D eigenvalue weighted by molar-refractivity contribution is -0.142. The zero-order chi connectivity index (χ0) is 25.6. The van der Waals surface area contributed by atoms with E-state index in [2.05, 4.69) is 29.8 Å². The molecule has 0 bridgehead atoms. The minimum Gasteiger partial charge on any atom is -0.444 e. The fraction of sp³-hybridized carbons (Fsp3) is 0.560. The molecule has 0 aliphatic carbocycles. The summed E-state index contributed by atoms with van der Waals surface area (Å²) < 4.78 is 5.30. The first-order chi connectivity index (χ1) is 15.1. The van der Waals surface area contributed by atoms with Gasteiger partial charge >= 0.3 is 6.09 Å². The fourth-order valence-electron chi connectivity index (χ4n) is 3.26. The van der Waals surface area contributed by atoms with Crippen molar-refractivity contribution in [2.45, 2.75) is 78.6 Å². The van der Waals surface area contributed by atoms with Crippen molar-refractivity contribution < 1.29 is 19.1 Å². The predicted octanol–water partition coefficient (Wildman–Crippen LogP) is 4.10. The molecule has 0 fully saturated rings. The van der Waals surface area contributed by atoms with Gasteiger partial charge in [0.2, 0.25) is 11.8 Å². The minimum absolute atomic E-state index is 0.0339. The van der Waals surface area contributed by atoms with Gasteiger partial charge in [0, 0.05) is 17.8 Å². The summed E-state index contributed by atoms with van der Waals surface area (Å²) in [5.41, 5.74) is 1.40. The summed E-state index contributed by atoms with van der Waals surface area (Å²) in [6, 6.07) is 3.75. The molecule has 8 heteroatoms. The van der Waals surface area contributed by atoms with Gasteiger partial charge in [-0.05, 0) is 72.1 Å².